The average Bonchev–Trinajstić information content (AvgIpc) is 2.80. The minimum Gasteiger partial charge on any atom is -0.396 e. The minimum absolute atomic E-state index is 0.310. The van der Waals surface area contributed by atoms with Gasteiger partial charge in [-0.3, -0.25) is 0 Å². The predicted molar refractivity (Wildman–Crippen MR) is 76.9 cm³/mol. The molecule has 0 saturated heterocycles. The molecule has 0 saturated carbocycles. The summed E-state index contributed by atoms with van der Waals surface area (Å²) < 4.78 is 0. The molecule has 1 N–H and O–H groups in total. The van der Waals surface area contributed by atoms with Crippen molar-refractivity contribution in [1.82, 2.24) is 0 Å². The third-order valence-electron chi connectivity index (χ3n) is 3.32. The number of aryl methyl sites for hydroxylation is 1. The Balaban J connectivity index is 2.67. The first-order chi connectivity index (χ1) is 8.33. The van der Waals surface area contributed by atoms with Gasteiger partial charge in [-0.2, -0.15) is 0 Å². The van der Waals surface area contributed by atoms with Crippen LogP contribution in [-0.2, 0) is 6.42 Å². The van der Waals surface area contributed by atoms with Gasteiger partial charge in [0.15, 0.2) is 0 Å². The molecule has 0 spiro atoms. The van der Waals surface area contributed by atoms with E-state index in [9.17, 15) is 0 Å². The van der Waals surface area contributed by atoms with E-state index in [1.165, 1.54) is 37.0 Å². The topological polar surface area (TPSA) is 20.2 Å². The molecule has 98 valence electrons. The van der Waals surface area contributed by atoms with Crippen LogP contribution in [0.1, 0.15) is 68.7 Å². The Bertz CT molecular complexity index is 293. The molecule has 2 heteroatoms. The summed E-state index contributed by atoms with van der Waals surface area (Å²) >= 11 is 1.87. The van der Waals surface area contributed by atoms with Crippen molar-refractivity contribution in [3.63, 3.8) is 0 Å². The van der Waals surface area contributed by atoms with E-state index in [2.05, 4.69) is 25.3 Å². The SMILES string of the molecule is CCCCC(CCC)c1ccsc1CCCO. The van der Waals surface area contributed by atoms with Gasteiger partial charge in [0, 0.05) is 11.5 Å². The van der Waals surface area contributed by atoms with Crippen LogP contribution in [0.2, 0.25) is 0 Å². The molecule has 0 bridgehead atoms. The first-order valence-corrected chi connectivity index (χ1v) is 7.88. The van der Waals surface area contributed by atoms with Crippen molar-refractivity contribution in [2.45, 2.75) is 64.7 Å². The second kappa shape index (κ2) is 8.71. The van der Waals surface area contributed by atoms with E-state index in [4.69, 9.17) is 5.11 Å². The van der Waals surface area contributed by atoms with Crippen LogP contribution < -0.4 is 0 Å². The Morgan fingerprint density at radius 1 is 1.18 bits per heavy atom. The molecule has 0 amide bonds. The molecule has 1 nitrogen and oxygen atoms in total. The lowest BCUT2D eigenvalue weighted by Crippen LogP contribution is -2.01. The van der Waals surface area contributed by atoms with Crippen LogP contribution in [0, 0.1) is 0 Å². The van der Waals surface area contributed by atoms with Crippen LogP contribution in [0.5, 0.6) is 0 Å². The molecule has 0 aliphatic heterocycles. The molecule has 1 aromatic heterocycles. The summed E-state index contributed by atoms with van der Waals surface area (Å²) in [6, 6.07) is 2.31. The maximum atomic E-state index is 8.94. The van der Waals surface area contributed by atoms with E-state index in [1.54, 1.807) is 5.56 Å². The fourth-order valence-corrected chi connectivity index (χ4v) is 3.42. The highest BCUT2D eigenvalue weighted by Crippen LogP contribution is 2.33. The van der Waals surface area contributed by atoms with E-state index < -0.39 is 0 Å². The standard InChI is InChI=1S/C15H26OS/c1-3-5-8-13(7-4-2)14-10-12-17-15(14)9-6-11-16/h10,12-13,16H,3-9,11H2,1-2H3. The fraction of sp³-hybridized carbons (Fsp3) is 0.733. The Morgan fingerprint density at radius 2 is 2.00 bits per heavy atom. The second-order valence-corrected chi connectivity index (χ2v) is 5.75. The number of rotatable bonds is 9. The Kier molecular flexibility index (Phi) is 7.54. The van der Waals surface area contributed by atoms with Crippen molar-refractivity contribution >= 4 is 11.3 Å². The molecule has 0 radical (unpaired) electrons. The summed E-state index contributed by atoms with van der Waals surface area (Å²) in [5, 5.41) is 11.2. The lowest BCUT2D eigenvalue weighted by molar-refractivity contribution is 0.289. The molecule has 0 aliphatic carbocycles. The van der Waals surface area contributed by atoms with Crippen LogP contribution in [0.25, 0.3) is 0 Å². The number of aliphatic hydroxyl groups is 1. The van der Waals surface area contributed by atoms with Gasteiger partial charge in [-0.15, -0.1) is 11.3 Å². The lowest BCUT2D eigenvalue weighted by Gasteiger charge is -2.17. The van der Waals surface area contributed by atoms with E-state index in [0.717, 1.165) is 18.8 Å². The van der Waals surface area contributed by atoms with Crippen molar-refractivity contribution in [3.05, 3.63) is 21.9 Å². The van der Waals surface area contributed by atoms with Gasteiger partial charge in [-0.25, -0.2) is 0 Å². The molecule has 17 heavy (non-hydrogen) atoms. The molecule has 1 atom stereocenters. The van der Waals surface area contributed by atoms with Gasteiger partial charge >= 0.3 is 0 Å². The summed E-state index contributed by atoms with van der Waals surface area (Å²) in [5.41, 5.74) is 1.57. The van der Waals surface area contributed by atoms with Crippen molar-refractivity contribution < 1.29 is 5.11 Å². The van der Waals surface area contributed by atoms with E-state index in [0.29, 0.717) is 6.61 Å². The third-order valence-corrected chi connectivity index (χ3v) is 4.32. The first-order valence-electron chi connectivity index (χ1n) is 7.00. The smallest absolute Gasteiger partial charge is 0.0434 e. The zero-order chi connectivity index (χ0) is 12.5. The van der Waals surface area contributed by atoms with Crippen molar-refractivity contribution in [2.75, 3.05) is 6.61 Å². The Hall–Kier alpha value is -0.340. The summed E-state index contributed by atoms with van der Waals surface area (Å²) in [7, 11) is 0. The third kappa shape index (κ3) is 4.81. The van der Waals surface area contributed by atoms with Gasteiger partial charge in [-0.05, 0) is 48.6 Å². The van der Waals surface area contributed by atoms with Crippen LogP contribution in [0.3, 0.4) is 0 Å². The van der Waals surface area contributed by atoms with E-state index in [-0.39, 0.29) is 0 Å². The first kappa shape index (κ1) is 14.7. The quantitative estimate of drug-likeness (QED) is 0.674. The summed E-state index contributed by atoms with van der Waals surface area (Å²) in [6.07, 6.45) is 8.48. The maximum absolute atomic E-state index is 8.94. The molecule has 1 aromatic rings. The van der Waals surface area contributed by atoms with Gasteiger partial charge in [0.1, 0.15) is 0 Å². The Labute approximate surface area is 110 Å². The van der Waals surface area contributed by atoms with Gasteiger partial charge in [0.05, 0.1) is 0 Å². The predicted octanol–water partition coefficient (Wildman–Crippen LogP) is 4.75. The van der Waals surface area contributed by atoms with E-state index in [1.807, 2.05) is 11.3 Å². The second-order valence-electron chi connectivity index (χ2n) is 4.75. The molecule has 1 unspecified atom stereocenters. The molecular weight excluding hydrogens is 228 g/mol. The lowest BCUT2D eigenvalue weighted by atomic mass is 9.89. The summed E-state index contributed by atoms with van der Waals surface area (Å²) in [4.78, 5) is 1.51. The largest absolute Gasteiger partial charge is 0.396 e. The zero-order valence-electron chi connectivity index (χ0n) is 11.2. The number of hydrogen-bond acceptors (Lipinski definition) is 2. The molecule has 0 aliphatic rings. The average molecular weight is 254 g/mol. The molecule has 1 heterocycles. The van der Waals surface area contributed by atoms with Gasteiger partial charge in [0.2, 0.25) is 0 Å². The number of thiophene rings is 1. The van der Waals surface area contributed by atoms with Crippen molar-refractivity contribution in [1.29, 1.82) is 0 Å². The van der Waals surface area contributed by atoms with Gasteiger partial charge in [-0.1, -0.05) is 33.1 Å². The van der Waals surface area contributed by atoms with Gasteiger partial charge in [0.25, 0.3) is 0 Å². The van der Waals surface area contributed by atoms with Crippen LogP contribution in [0.15, 0.2) is 11.4 Å². The minimum atomic E-state index is 0.310. The van der Waals surface area contributed by atoms with Crippen LogP contribution >= 0.6 is 11.3 Å². The number of hydrogen-bond donors (Lipinski definition) is 1. The fourth-order valence-electron chi connectivity index (χ4n) is 2.41. The highest BCUT2D eigenvalue weighted by atomic mass is 32.1. The van der Waals surface area contributed by atoms with Crippen LogP contribution in [0.4, 0.5) is 0 Å². The summed E-state index contributed by atoms with van der Waals surface area (Å²) in [6.45, 7) is 4.85. The maximum Gasteiger partial charge on any atom is 0.0434 e. The normalized spacial score (nSPS) is 12.9. The highest BCUT2D eigenvalue weighted by molar-refractivity contribution is 7.10. The summed E-state index contributed by atoms with van der Waals surface area (Å²) in [5.74, 6) is 0.750. The molecule has 1 rings (SSSR count). The monoisotopic (exact) mass is 254 g/mol. The number of aliphatic hydroxyl groups excluding tert-OH is 1. The zero-order valence-corrected chi connectivity index (χ0v) is 12.1. The van der Waals surface area contributed by atoms with Crippen molar-refractivity contribution in [3.8, 4) is 0 Å². The van der Waals surface area contributed by atoms with E-state index >= 15 is 0 Å². The Morgan fingerprint density at radius 3 is 2.65 bits per heavy atom. The van der Waals surface area contributed by atoms with Crippen molar-refractivity contribution in [2.24, 2.45) is 0 Å². The molecule has 0 fully saturated rings. The van der Waals surface area contributed by atoms with Gasteiger partial charge < -0.3 is 5.11 Å². The van der Waals surface area contributed by atoms with Crippen LogP contribution in [-0.4, -0.2) is 11.7 Å². The number of unbranched alkanes of at least 4 members (excludes halogenated alkanes) is 1. The molecule has 0 aromatic carbocycles. The highest BCUT2D eigenvalue weighted by Gasteiger charge is 2.15. The molecular formula is C15H26OS.